The minimum absolute atomic E-state index is 0.241. The lowest BCUT2D eigenvalue weighted by molar-refractivity contribution is -0.147. The van der Waals surface area contributed by atoms with Crippen LogP contribution >= 0.6 is 23.4 Å². The molecule has 0 radical (unpaired) electrons. The number of hydrogen-bond donors (Lipinski definition) is 0. The van der Waals surface area contributed by atoms with Crippen molar-refractivity contribution in [1.82, 2.24) is 4.90 Å². The maximum atomic E-state index is 13.6. The van der Waals surface area contributed by atoms with Gasteiger partial charge in [0, 0.05) is 22.4 Å². The van der Waals surface area contributed by atoms with Gasteiger partial charge in [-0.3, -0.25) is 4.79 Å². The number of carbonyl (C=O) groups is 2. The highest BCUT2D eigenvalue weighted by Crippen LogP contribution is 2.45. The van der Waals surface area contributed by atoms with Crippen molar-refractivity contribution in [2.45, 2.75) is 18.3 Å². The Morgan fingerprint density at radius 2 is 1.93 bits per heavy atom. The number of hydrogen-bond acceptors (Lipinski definition) is 6. The molecule has 1 fully saturated rings. The Kier molecular flexibility index (Phi) is 6.92. The average molecular weight is 436 g/mol. The Morgan fingerprint density at radius 1 is 1.17 bits per heavy atom. The second-order valence-electron chi connectivity index (χ2n) is 6.25. The van der Waals surface area contributed by atoms with E-state index in [1.807, 2.05) is 18.2 Å². The molecule has 1 aliphatic rings. The molecule has 154 valence electrons. The van der Waals surface area contributed by atoms with Crippen molar-refractivity contribution >= 4 is 35.2 Å². The van der Waals surface area contributed by atoms with E-state index in [0.29, 0.717) is 27.8 Å². The second kappa shape index (κ2) is 9.41. The molecule has 1 aliphatic heterocycles. The predicted molar refractivity (Wildman–Crippen MR) is 113 cm³/mol. The lowest BCUT2D eigenvalue weighted by Gasteiger charge is -2.29. The molecule has 2 aromatic carbocycles. The fourth-order valence-electron chi connectivity index (χ4n) is 3.20. The van der Waals surface area contributed by atoms with E-state index in [9.17, 15) is 9.59 Å². The van der Waals surface area contributed by atoms with Crippen LogP contribution in [0.15, 0.2) is 42.5 Å². The highest BCUT2D eigenvalue weighted by molar-refractivity contribution is 7.99. The fraction of sp³-hybridized carbons (Fsp3) is 0.333. The Hall–Kier alpha value is -2.38. The van der Waals surface area contributed by atoms with Gasteiger partial charge in [-0.25, -0.2) is 4.79 Å². The number of thioether (sulfide) groups is 1. The van der Waals surface area contributed by atoms with Gasteiger partial charge in [0.1, 0.15) is 22.9 Å². The van der Waals surface area contributed by atoms with Crippen molar-refractivity contribution in [2.75, 3.05) is 26.6 Å². The molecule has 8 heteroatoms. The van der Waals surface area contributed by atoms with E-state index < -0.39 is 17.4 Å². The van der Waals surface area contributed by atoms with Gasteiger partial charge in [-0.2, -0.15) is 0 Å². The van der Waals surface area contributed by atoms with Crippen LogP contribution in [0.1, 0.15) is 28.2 Å². The molecule has 0 saturated carbocycles. The molecule has 0 aliphatic carbocycles. The number of methoxy groups -OCH3 is 2. The molecule has 0 bridgehead atoms. The number of ether oxygens (including phenoxy) is 3. The number of amides is 1. The van der Waals surface area contributed by atoms with Crippen LogP contribution in [0.25, 0.3) is 0 Å². The predicted octanol–water partition coefficient (Wildman–Crippen LogP) is 4.18. The number of halogens is 1. The molecule has 2 atom stereocenters. The highest BCUT2D eigenvalue weighted by Gasteiger charge is 2.44. The van der Waals surface area contributed by atoms with Gasteiger partial charge in [0.25, 0.3) is 5.91 Å². The van der Waals surface area contributed by atoms with Crippen molar-refractivity contribution in [3.63, 3.8) is 0 Å². The minimum atomic E-state index is -0.722. The Labute approximate surface area is 179 Å². The van der Waals surface area contributed by atoms with Gasteiger partial charge in [-0.15, -0.1) is 11.8 Å². The highest BCUT2D eigenvalue weighted by atomic mass is 35.5. The summed E-state index contributed by atoms with van der Waals surface area (Å²) in [6.45, 7) is 1.98. The number of esters is 1. The zero-order chi connectivity index (χ0) is 21.0. The molecule has 1 saturated heterocycles. The van der Waals surface area contributed by atoms with Gasteiger partial charge in [0.15, 0.2) is 0 Å². The summed E-state index contributed by atoms with van der Waals surface area (Å²) >= 11 is 7.88. The standard InChI is InChI=1S/C21H22ClNO5S/c1-4-28-21(25)17-12-29-20(14-7-5-6-8-16(14)22)23(17)19(24)15-10-9-13(26-2)11-18(15)27-3/h5-11,17,20H,4,12H2,1-3H3. The van der Waals surface area contributed by atoms with Gasteiger partial charge < -0.3 is 19.1 Å². The molecule has 1 amide bonds. The Morgan fingerprint density at radius 3 is 2.59 bits per heavy atom. The number of benzene rings is 2. The van der Waals surface area contributed by atoms with Gasteiger partial charge in [0.05, 0.1) is 26.4 Å². The lowest BCUT2D eigenvalue weighted by Crippen LogP contribution is -2.44. The summed E-state index contributed by atoms with van der Waals surface area (Å²) in [7, 11) is 3.02. The second-order valence-corrected chi connectivity index (χ2v) is 7.77. The monoisotopic (exact) mass is 435 g/mol. The van der Waals surface area contributed by atoms with Crippen molar-refractivity contribution in [2.24, 2.45) is 0 Å². The molecule has 0 aromatic heterocycles. The quantitative estimate of drug-likeness (QED) is 0.634. The topological polar surface area (TPSA) is 65.1 Å². The summed E-state index contributed by atoms with van der Waals surface area (Å²) in [6.07, 6.45) is 0. The maximum absolute atomic E-state index is 13.6. The van der Waals surface area contributed by atoms with E-state index in [4.69, 9.17) is 25.8 Å². The SMILES string of the molecule is CCOC(=O)C1CSC(c2ccccc2Cl)N1C(=O)c1ccc(OC)cc1OC. The third-order valence-electron chi connectivity index (χ3n) is 4.60. The van der Waals surface area contributed by atoms with E-state index >= 15 is 0 Å². The van der Waals surface area contributed by atoms with Crippen LogP contribution < -0.4 is 9.47 Å². The number of nitrogens with zero attached hydrogens (tertiary/aromatic N) is 1. The summed E-state index contributed by atoms with van der Waals surface area (Å²) in [5.74, 6) is 0.581. The Bertz CT molecular complexity index is 906. The van der Waals surface area contributed by atoms with E-state index in [1.165, 1.54) is 30.9 Å². The fourth-order valence-corrected chi connectivity index (χ4v) is 4.96. The number of rotatable bonds is 6. The van der Waals surface area contributed by atoms with Gasteiger partial charge in [0.2, 0.25) is 0 Å². The van der Waals surface area contributed by atoms with Crippen molar-refractivity contribution < 1.29 is 23.8 Å². The first-order chi connectivity index (χ1) is 14.0. The molecule has 3 rings (SSSR count). The molecular weight excluding hydrogens is 414 g/mol. The smallest absolute Gasteiger partial charge is 0.329 e. The summed E-state index contributed by atoms with van der Waals surface area (Å²) in [5.41, 5.74) is 1.11. The van der Waals surface area contributed by atoms with Crippen LogP contribution in [0.5, 0.6) is 11.5 Å². The third-order valence-corrected chi connectivity index (χ3v) is 6.25. The zero-order valence-electron chi connectivity index (χ0n) is 16.4. The first kappa shape index (κ1) is 21.3. The summed E-state index contributed by atoms with van der Waals surface area (Å²) < 4.78 is 15.8. The van der Waals surface area contributed by atoms with Crippen LogP contribution in [0.4, 0.5) is 0 Å². The Balaban J connectivity index is 2.05. The van der Waals surface area contributed by atoms with Crippen molar-refractivity contribution in [3.05, 3.63) is 58.6 Å². The van der Waals surface area contributed by atoms with Crippen LogP contribution in [0.2, 0.25) is 5.02 Å². The van der Waals surface area contributed by atoms with Gasteiger partial charge in [-0.1, -0.05) is 29.8 Å². The molecule has 0 spiro atoms. The zero-order valence-corrected chi connectivity index (χ0v) is 18.0. The molecule has 6 nitrogen and oxygen atoms in total. The minimum Gasteiger partial charge on any atom is -0.497 e. The first-order valence-corrected chi connectivity index (χ1v) is 10.5. The van der Waals surface area contributed by atoms with E-state index in [2.05, 4.69) is 0 Å². The van der Waals surface area contributed by atoms with E-state index in [1.54, 1.807) is 31.2 Å². The third kappa shape index (κ3) is 4.31. The van der Waals surface area contributed by atoms with E-state index in [-0.39, 0.29) is 12.5 Å². The van der Waals surface area contributed by atoms with E-state index in [0.717, 1.165) is 5.56 Å². The first-order valence-electron chi connectivity index (χ1n) is 9.09. The molecule has 2 aromatic rings. The van der Waals surface area contributed by atoms with Crippen LogP contribution in [-0.2, 0) is 9.53 Å². The summed E-state index contributed by atoms with van der Waals surface area (Å²) in [6, 6.07) is 11.5. The van der Waals surface area contributed by atoms with Crippen LogP contribution in [-0.4, -0.2) is 49.4 Å². The molecular formula is C21H22ClNO5S. The lowest BCUT2D eigenvalue weighted by atomic mass is 10.1. The van der Waals surface area contributed by atoms with Gasteiger partial charge in [-0.05, 0) is 25.1 Å². The average Bonchev–Trinajstić information content (AvgIpc) is 3.18. The van der Waals surface area contributed by atoms with Crippen LogP contribution in [0, 0.1) is 0 Å². The largest absolute Gasteiger partial charge is 0.497 e. The molecule has 0 N–H and O–H groups in total. The van der Waals surface area contributed by atoms with Crippen molar-refractivity contribution in [3.8, 4) is 11.5 Å². The molecule has 2 unspecified atom stereocenters. The summed E-state index contributed by atoms with van der Waals surface area (Å²) in [5, 5.41) is 0.117. The summed E-state index contributed by atoms with van der Waals surface area (Å²) in [4.78, 5) is 27.7. The normalized spacial score (nSPS) is 18.4. The van der Waals surface area contributed by atoms with Crippen molar-refractivity contribution in [1.29, 1.82) is 0 Å². The number of carbonyl (C=O) groups excluding carboxylic acids is 2. The molecule has 1 heterocycles. The molecule has 29 heavy (non-hydrogen) atoms. The van der Waals surface area contributed by atoms with Gasteiger partial charge >= 0.3 is 5.97 Å². The maximum Gasteiger partial charge on any atom is 0.329 e. The van der Waals surface area contributed by atoms with Crippen LogP contribution in [0.3, 0.4) is 0 Å².